The second kappa shape index (κ2) is 19.8. The first-order valence-corrected chi connectivity index (χ1v) is 11.2. The van der Waals surface area contributed by atoms with Crippen LogP contribution in [0.5, 0.6) is 0 Å². The van der Waals surface area contributed by atoms with Gasteiger partial charge in [0.05, 0.1) is 0 Å². The van der Waals surface area contributed by atoms with E-state index >= 15 is 0 Å². The van der Waals surface area contributed by atoms with Crippen LogP contribution in [0.25, 0.3) is 0 Å². The van der Waals surface area contributed by atoms with Gasteiger partial charge in [-0.1, -0.05) is 89.5 Å². The fourth-order valence-corrected chi connectivity index (χ4v) is 3.29. The van der Waals surface area contributed by atoms with E-state index in [4.69, 9.17) is 0 Å². The summed E-state index contributed by atoms with van der Waals surface area (Å²) in [6.07, 6.45) is 29.6. The van der Waals surface area contributed by atoms with Gasteiger partial charge < -0.3 is 4.90 Å². The molecule has 0 aliphatic heterocycles. The lowest BCUT2D eigenvalue weighted by Crippen LogP contribution is -2.27. The molecule has 1 atom stereocenters. The van der Waals surface area contributed by atoms with Gasteiger partial charge in [0, 0.05) is 6.04 Å². The molecular weight excluding hydrogens is 302 g/mol. The van der Waals surface area contributed by atoms with E-state index in [0.717, 1.165) is 12.5 Å². The molecule has 0 aliphatic carbocycles. The first-order valence-electron chi connectivity index (χ1n) is 11.2. The summed E-state index contributed by atoms with van der Waals surface area (Å²) < 4.78 is 0. The van der Waals surface area contributed by atoms with Crippen LogP contribution in [0.4, 0.5) is 0 Å². The zero-order chi connectivity index (χ0) is 18.6. The van der Waals surface area contributed by atoms with Crippen molar-refractivity contribution in [3.05, 3.63) is 24.3 Å². The molecule has 0 rings (SSSR count). The summed E-state index contributed by atoms with van der Waals surface area (Å²) >= 11 is 0. The molecule has 0 saturated heterocycles. The van der Waals surface area contributed by atoms with Gasteiger partial charge in [-0.15, -0.1) is 0 Å². The molecule has 1 unspecified atom stereocenters. The van der Waals surface area contributed by atoms with Crippen LogP contribution < -0.4 is 0 Å². The van der Waals surface area contributed by atoms with Crippen LogP contribution in [0.2, 0.25) is 0 Å². The van der Waals surface area contributed by atoms with Crippen molar-refractivity contribution in [1.29, 1.82) is 0 Å². The van der Waals surface area contributed by atoms with E-state index in [1.165, 1.54) is 89.9 Å². The molecular formula is C24H47N. The highest BCUT2D eigenvalue weighted by molar-refractivity contribution is 4.92. The molecule has 0 fully saturated rings. The van der Waals surface area contributed by atoms with E-state index in [2.05, 4.69) is 57.1 Å². The zero-order valence-corrected chi connectivity index (χ0v) is 17.9. The predicted molar refractivity (Wildman–Crippen MR) is 116 cm³/mol. The first kappa shape index (κ1) is 24.4. The van der Waals surface area contributed by atoms with Crippen LogP contribution in [-0.2, 0) is 0 Å². The van der Waals surface area contributed by atoms with Crippen LogP contribution in [0.1, 0.15) is 110 Å². The van der Waals surface area contributed by atoms with Crippen molar-refractivity contribution >= 4 is 0 Å². The molecule has 0 amide bonds. The van der Waals surface area contributed by atoms with Gasteiger partial charge in [-0.3, -0.25) is 0 Å². The van der Waals surface area contributed by atoms with Gasteiger partial charge in [-0.05, 0) is 59.0 Å². The Labute approximate surface area is 160 Å². The first-order chi connectivity index (χ1) is 12.2. The van der Waals surface area contributed by atoms with E-state index in [9.17, 15) is 0 Å². The SMILES string of the molecule is CCCCCC=CCC=CCCCCCCCC(CCCC)N(C)C. The average Bonchev–Trinajstić information content (AvgIpc) is 2.60. The Bertz CT molecular complexity index is 303. The molecule has 1 nitrogen and oxygen atoms in total. The number of allylic oxidation sites excluding steroid dienone is 4. The maximum Gasteiger partial charge on any atom is 0.00891 e. The summed E-state index contributed by atoms with van der Waals surface area (Å²) in [7, 11) is 4.49. The topological polar surface area (TPSA) is 3.24 Å². The molecule has 0 spiro atoms. The fourth-order valence-electron chi connectivity index (χ4n) is 3.29. The second-order valence-corrected chi connectivity index (χ2v) is 7.78. The summed E-state index contributed by atoms with van der Waals surface area (Å²) in [6, 6.07) is 0.804. The number of unbranched alkanes of at least 4 members (excludes halogenated alkanes) is 9. The van der Waals surface area contributed by atoms with Gasteiger partial charge in [0.1, 0.15) is 0 Å². The maximum absolute atomic E-state index is 2.43. The summed E-state index contributed by atoms with van der Waals surface area (Å²) in [6.45, 7) is 4.56. The van der Waals surface area contributed by atoms with E-state index in [-0.39, 0.29) is 0 Å². The van der Waals surface area contributed by atoms with Crippen LogP contribution >= 0.6 is 0 Å². The van der Waals surface area contributed by atoms with Crippen molar-refractivity contribution in [3.63, 3.8) is 0 Å². The number of nitrogens with zero attached hydrogens (tertiary/aromatic N) is 1. The number of hydrogen-bond acceptors (Lipinski definition) is 1. The van der Waals surface area contributed by atoms with Gasteiger partial charge in [-0.2, -0.15) is 0 Å². The van der Waals surface area contributed by atoms with Crippen molar-refractivity contribution < 1.29 is 0 Å². The van der Waals surface area contributed by atoms with Crippen LogP contribution in [0, 0.1) is 0 Å². The third kappa shape index (κ3) is 18.0. The van der Waals surface area contributed by atoms with E-state index < -0.39 is 0 Å². The zero-order valence-electron chi connectivity index (χ0n) is 17.9. The molecule has 0 saturated carbocycles. The molecule has 0 aromatic heterocycles. The normalized spacial score (nSPS) is 13.5. The monoisotopic (exact) mass is 349 g/mol. The number of hydrogen-bond donors (Lipinski definition) is 0. The lowest BCUT2D eigenvalue weighted by molar-refractivity contribution is 0.253. The van der Waals surface area contributed by atoms with Crippen LogP contribution in [-0.4, -0.2) is 25.0 Å². The molecule has 0 bridgehead atoms. The van der Waals surface area contributed by atoms with Crippen molar-refractivity contribution in [2.45, 2.75) is 116 Å². The van der Waals surface area contributed by atoms with Gasteiger partial charge in [-0.25, -0.2) is 0 Å². The highest BCUT2D eigenvalue weighted by atomic mass is 15.1. The van der Waals surface area contributed by atoms with Gasteiger partial charge in [0.25, 0.3) is 0 Å². The minimum Gasteiger partial charge on any atom is -0.306 e. The van der Waals surface area contributed by atoms with Crippen LogP contribution in [0.15, 0.2) is 24.3 Å². The van der Waals surface area contributed by atoms with Gasteiger partial charge >= 0.3 is 0 Å². The smallest absolute Gasteiger partial charge is 0.00891 e. The molecule has 0 radical (unpaired) electrons. The Morgan fingerprint density at radius 3 is 1.72 bits per heavy atom. The molecule has 0 aromatic rings. The summed E-state index contributed by atoms with van der Waals surface area (Å²) in [4.78, 5) is 2.43. The third-order valence-corrected chi connectivity index (χ3v) is 5.11. The lowest BCUT2D eigenvalue weighted by atomic mass is 10.0. The Morgan fingerprint density at radius 1 is 0.600 bits per heavy atom. The molecule has 0 aromatic carbocycles. The predicted octanol–water partition coefficient (Wildman–Crippen LogP) is 7.92. The van der Waals surface area contributed by atoms with Crippen molar-refractivity contribution in [3.8, 4) is 0 Å². The molecule has 25 heavy (non-hydrogen) atoms. The third-order valence-electron chi connectivity index (χ3n) is 5.11. The Hall–Kier alpha value is -0.560. The van der Waals surface area contributed by atoms with Crippen molar-refractivity contribution in [1.82, 2.24) is 4.90 Å². The number of rotatable bonds is 18. The Balaban J connectivity index is 3.41. The Kier molecular flexibility index (Phi) is 19.3. The van der Waals surface area contributed by atoms with E-state index in [0.29, 0.717) is 0 Å². The van der Waals surface area contributed by atoms with Gasteiger partial charge in [0.2, 0.25) is 0 Å². The largest absolute Gasteiger partial charge is 0.306 e. The minimum absolute atomic E-state index is 0.804. The van der Waals surface area contributed by atoms with E-state index in [1.54, 1.807) is 0 Å². The molecule has 1 heteroatoms. The highest BCUT2D eigenvalue weighted by Crippen LogP contribution is 2.15. The fraction of sp³-hybridized carbons (Fsp3) is 0.833. The minimum atomic E-state index is 0.804. The average molecular weight is 350 g/mol. The van der Waals surface area contributed by atoms with E-state index in [1.807, 2.05) is 0 Å². The maximum atomic E-state index is 2.43. The van der Waals surface area contributed by atoms with Crippen molar-refractivity contribution in [2.75, 3.05) is 14.1 Å². The molecule has 0 aliphatic rings. The summed E-state index contributed by atoms with van der Waals surface area (Å²) in [5, 5.41) is 0. The Morgan fingerprint density at radius 2 is 1.12 bits per heavy atom. The molecule has 0 heterocycles. The summed E-state index contributed by atoms with van der Waals surface area (Å²) in [5.41, 5.74) is 0. The van der Waals surface area contributed by atoms with Crippen LogP contribution in [0.3, 0.4) is 0 Å². The molecule has 148 valence electrons. The van der Waals surface area contributed by atoms with Gasteiger partial charge in [0.15, 0.2) is 0 Å². The molecule has 0 N–H and O–H groups in total. The standard InChI is InChI=1S/C24H47N/c1-5-7-9-10-11-12-13-14-15-16-17-18-19-20-21-23-24(25(3)4)22-8-6-2/h11-12,14-15,24H,5-10,13,16-23H2,1-4H3. The quantitative estimate of drug-likeness (QED) is 0.179. The second-order valence-electron chi connectivity index (χ2n) is 7.78. The summed E-state index contributed by atoms with van der Waals surface area (Å²) in [5.74, 6) is 0. The highest BCUT2D eigenvalue weighted by Gasteiger charge is 2.09. The van der Waals surface area contributed by atoms with Crippen molar-refractivity contribution in [2.24, 2.45) is 0 Å². The lowest BCUT2D eigenvalue weighted by Gasteiger charge is -2.24.